The molecule has 1 spiro atoms. The van der Waals surface area contributed by atoms with Crippen LogP contribution in [-0.2, 0) is 16.1 Å². The van der Waals surface area contributed by atoms with E-state index < -0.39 is 11.6 Å². The molecule has 1 saturated carbocycles. The van der Waals surface area contributed by atoms with Crippen molar-refractivity contribution in [2.45, 2.75) is 44.2 Å². The van der Waals surface area contributed by atoms with E-state index in [1.54, 1.807) is 17.0 Å². The molecule has 1 aromatic rings. The van der Waals surface area contributed by atoms with Gasteiger partial charge in [0.05, 0.1) is 0 Å². The number of benzene rings is 1. The number of carbonyl (C=O) groups excluding carboxylic acids is 3. The maximum atomic E-state index is 13.5. The summed E-state index contributed by atoms with van der Waals surface area (Å²) in [5.74, 6) is -0.717. The van der Waals surface area contributed by atoms with E-state index in [2.05, 4.69) is 5.32 Å². The number of hydrogen-bond acceptors (Lipinski definition) is 4. The number of imide groups is 1. The number of nitrogens with one attached hydrogen (secondary N) is 1. The molecular formula is C21H29FN4O3. The van der Waals surface area contributed by atoms with Crippen LogP contribution in [0, 0.1) is 5.82 Å². The Hall–Kier alpha value is -2.48. The first kappa shape index (κ1) is 21.2. The lowest BCUT2D eigenvalue weighted by Crippen LogP contribution is -2.44. The van der Waals surface area contributed by atoms with Crippen LogP contribution >= 0.6 is 0 Å². The summed E-state index contributed by atoms with van der Waals surface area (Å²) in [5, 5.41) is 2.83. The monoisotopic (exact) mass is 404 g/mol. The fourth-order valence-corrected chi connectivity index (χ4v) is 4.03. The van der Waals surface area contributed by atoms with Crippen molar-refractivity contribution in [3.05, 3.63) is 35.6 Å². The third-order valence-corrected chi connectivity index (χ3v) is 5.68. The molecule has 0 aromatic heterocycles. The van der Waals surface area contributed by atoms with E-state index in [-0.39, 0.29) is 37.1 Å². The van der Waals surface area contributed by atoms with E-state index in [1.807, 2.05) is 19.0 Å². The third-order valence-electron chi connectivity index (χ3n) is 5.68. The molecule has 2 fully saturated rings. The predicted octanol–water partition coefficient (Wildman–Crippen LogP) is 1.97. The number of urea groups is 1. The Kier molecular flexibility index (Phi) is 6.52. The average Bonchev–Trinajstić information content (AvgIpc) is 3.22. The van der Waals surface area contributed by atoms with Crippen LogP contribution in [-0.4, -0.2) is 71.8 Å². The number of halogens is 1. The first-order valence-electron chi connectivity index (χ1n) is 10.1. The molecule has 1 heterocycles. The van der Waals surface area contributed by atoms with Crippen LogP contribution < -0.4 is 5.32 Å². The topological polar surface area (TPSA) is 73.0 Å². The van der Waals surface area contributed by atoms with Crippen molar-refractivity contribution in [3.63, 3.8) is 0 Å². The summed E-state index contributed by atoms with van der Waals surface area (Å²) in [4.78, 5) is 42.7. The van der Waals surface area contributed by atoms with E-state index >= 15 is 0 Å². The summed E-state index contributed by atoms with van der Waals surface area (Å²) in [5.41, 5.74) is -0.0521. The second kappa shape index (κ2) is 8.90. The van der Waals surface area contributed by atoms with E-state index in [0.29, 0.717) is 31.5 Å². The normalized spacial score (nSPS) is 18.0. The molecule has 1 N–H and O–H groups in total. The fourth-order valence-electron chi connectivity index (χ4n) is 4.03. The Balaban J connectivity index is 1.63. The van der Waals surface area contributed by atoms with Gasteiger partial charge in [0.1, 0.15) is 11.4 Å². The maximum absolute atomic E-state index is 13.5. The number of likely N-dealkylation sites (N-methyl/N-ethyl adjacent to an activating group) is 1. The minimum Gasteiger partial charge on any atom is -0.337 e. The second-order valence-corrected chi connectivity index (χ2v) is 8.17. The fraction of sp³-hybridized carbons (Fsp3) is 0.571. The Morgan fingerprint density at radius 3 is 2.59 bits per heavy atom. The lowest BCUT2D eigenvalue weighted by Gasteiger charge is -2.25. The molecule has 0 unspecified atom stereocenters. The van der Waals surface area contributed by atoms with E-state index in [9.17, 15) is 18.8 Å². The predicted molar refractivity (Wildman–Crippen MR) is 106 cm³/mol. The minimum absolute atomic E-state index is 0.0536. The number of nitrogens with zero attached hydrogens (tertiary/aromatic N) is 3. The summed E-state index contributed by atoms with van der Waals surface area (Å²) in [7, 11) is 3.83. The zero-order valence-corrected chi connectivity index (χ0v) is 17.1. The van der Waals surface area contributed by atoms with Gasteiger partial charge in [-0.05, 0) is 44.6 Å². The lowest BCUT2D eigenvalue weighted by atomic mass is 9.98. The van der Waals surface area contributed by atoms with Crippen LogP contribution in [0.3, 0.4) is 0 Å². The van der Waals surface area contributed by atoms with Crippen LogP contribution in [0.15, 0.2) is 24.3 Å². The van der Waals surface area contributed by atoms with E-state index in [4.69, 9.17) is 0 Å². The molecule has 158 valence electrons. The van der Waals surface area contributed by atoms with Gasteiger partial charge in [0.15, 0.2) is 0 Å². The number of amides is 4. The van der Waals surface area contributed by atoms with Crippen LogP contribution in [0.4, 0.5) is 9.18 Å². The standard InChI is InChI=1S/C21H29FN4O3/c1-24(2)12-13-25(15-16-6-5-7-17(22)14-16)18(27)8-11-26-19(28)21(23-20(26)29)9-3-4-10-21/h5-7,14H,3-4,8-13,15H2,1-2H3,(H,23,29). The van der Waals surface area contributed by atoms with Crippen molar-refractivity contribution in [2.24, 2.45) is 0 Å². The molecule has 2 aliphatic rings. The van der Waals surface area contributed by atoms with Crippen LogP contribution in [0.5, 0.6) is 0 Å². The molecule has 0 radical (unpaired) electrons. The van der Waals surface area contributed by atoms with Crippen LogP contribution in [0.25, 0.3) is 0 Å². The summed E-state index contributed by atoms with van der Waals surface area (Å²) < 4.78 is 13.5. The maximum Gasteiger partial charge on any atom is 0.325 e. The number of hydrogen-bond donors (Lipinski definition) is 1. The molecule has 1 aromatic carbocycles. The van der Waals surface area contributed by atoms with Crippen molar-refractivity contribution >= 4 is 17.8 Å². The summed E-state index contributed by atoms with van der Waals surface area (Å²) in [6.07, 6.45) is 3.22. The van der Waals surface area contributed by atoms with Gasteiger partial charge in [0.2, 0.25) is 5.91 Å². The molecule has 3 rings (SSSR count). The molecular weight excluding hydrogens is 375 g/mol. The Morgan fingerprint density at radius 2 is 1.93 bits per heavy atom. The van der Waals surface area contributed by atoms with Gasteiger partial charge in [-0.25, -0.2) is 9.18 Å². The molecule has 0 atom stereocenters. The van der Waals surface area contributed by atoms with Gasteiger partial charge in [-0.2, -0.15) is 0 Å². The van der Waals surface area contributed by atoms with Gasteiger partial charge in [0, 0.05) is 32.6 Å². The molecule has 29 heavy (non-hydrogen) atoms. The number of carbonyl (C=O) groups is 3. The quantitative estimate of drug-likeness (QED) is 0.673. The average molecular weight is 404 g/mol. The van der Waals surface area contributed by atoms with Gasteiger partial charge in [-0.3, -0.25) is 14.5 Å². The number of rotatable bonds is 8. The van der Waals surface area contributed by atoms with Crippen LogP contribution in [0.2, 0.25) is 0 Å². The van der Waals surface area contributed by atoms with Gasteiger partial charge >= 0.3 is 6.03 Å². The Bertz CT molecular complexity index is 777. The summed E-state index contributed by atoms with van der Waals surface area (Å²) >= 11 is 0. The molecule has 1 aliphatic carbocycles. The van der Waals surface area contributed by atoms with Gasteiger partial charge in [-0.1, -0.05) is 25.0 Å². The van der Waals surface area contributed by atoms with Crippen molar-refractivity contribution < 1.29 is 18.8 Å². The van der Waals surface area contributed by atoms with Crippen molar-refractivity contribution in [2.75, 3.05) is 33.7 Å². The van der Waals surface area contributed by atoms with E-state index in [0.717, 1.165) is 12.8 Å². The highest BCUT2D eigenvalue weighted by atomic mass is 19.1. The highest BCUT2D eigenvalue weighted by Crippen LogP contribution is 2.35. The summed E-state index contributed by atoms with van der Waals surface area (Å²) in [6, 6.07) is 5.77. The first-order valence-corrected chi connectivity index (χ1v) is 10.1. The van der Waals surface area contributed by atoms with E-state index in [1.165, 1.54) is 17.0 Å². The Morgan fingerprint density at radius 1 is 1.21 bits per heavy atom. The largest absolute Gasteiger partial charge is 0.337 e. The molecule has 1 saturated heterocycles. The zero-order chi connectivity index (χ0) is 21.0. The molecule has 0 bridgehead atoms. The van der Waals surface area contributed by atoms with Gasteiger partial charge in [-0.15, -0.1) is 0 Å². The van der Waals surface area contributed by atoms with Gasteiger partial charge in [0.25, 0.3) is 5.91 Å². The minimum atomic E-state index is -0.758. The highest BCUT2D eigenvalue weighted by Gasteiger charge is 2.52. The molecule has 8 heteroatoms. The van der Waals surface area contributed by atoms with Crippen LogP contribution in [0.1, 0.15) is 37.7 Å². The Labute approximate surface area is 170 Å². The second-order valence-electron chi connectivity index (χ2n) is 8.17. The highest BCUT2D eigenvalue weighted by molar-refractivity contribution is 6.07. The van der Waals surface area contributed by atoms with Gasteiger partial charge < -0.3 is 15.1 Å². The third kappa shape index (κ3) is 4.93. The smallest absolute Gasteiger partial charge is 0.325 e. The lowest BCUT2D eigenvalue weighted by molar-refractivity contribution is -0.134. The molecule has 7 nitrogen and oxygen atoms in total. The summed E-state index contributed by atoms with van der Waals surface area (Å²) in [6.45, 7) is 1.49. The molecule has 1 aliphatic heterocycles. The van der Waals surface area contributed by atoms with Crippen molar-refractivity contribution in [1.82, 2.24) is 20.0 Å². The molecule has 4 amide bonds. The zero-order valence-electron chi connectivity index (χ0n) is 17.1. The SMILES string of the molecule is CN(C)CCN(Cc1cccc(F)c1)C(=O)CCN1C(=O)NC2(CCCC2)C1=O. The van der Waals surface area contributed by atoms with Crippen molar-refractivity contribution in [3.8, 4) is 0 Å². The first-order chi connectivity index (χ1) is 13.8. The van der Waals surface area contributed by atoms with Crippen molar-refractivity contribution in [1.29, 1.82) is 0 Å².